The molecule has 246 valence electrons. The van der Waals surface area contributed by atoms with Crippen LogP contribution < -0.4 is 21.4 Å². The van der Waals surface area contributed by atoms with Gasteiger partial charge in [-0.3, -0.25) is 4.79 Å². The van der Waals surface area contributed by atoms with Crippen molar-refractivity contribution in [1.29, 1.82) is 0 Å². The van der Waals surface area contributed by atoms with Crippen LogP contribution >= 0.6 is 0 Å². The molecule has 0 aromatic rings. The molecule has 4 N–H and O–H groups in total. The Morgan fingerprint density at radius 1 is 0.884 bits per heavy atom. The number of hydrazine groups is 1. The second kappa shape index (κ2) is 13.8. The second-order valence-corrected chi connectivity index (χ2v) is 15.7. The van der Waals surface area contributed by atoms with Crippen LogP contribution in [0.5, 0.6) is 0 Å². The predicted molar refractivity (Wildman–Crippen MR) is 156 cm³/mol. The Bertz CT molecular complexity index is 1070. The number of halogens is 3. The molecule has 4 atom stereocenters. The summed E-state index contributed by atoms with van der Waals surface area (Å²) < 4.78 is 70.8. The van der Waals surface area contributed by atoms with Gasteiger partial charge in [0.1, 0.15) is 6.04 Å². The minimum absolute atomic E-state index is 0.0248. The Morgan fingerprint density at radius 3 is 2.16 bits per heavy atom. The molecule has 0 bridgehead atoms. The summed E-state index contributed by atoms with van der Waals surface area (Å²) in [5.74, 6) is -0.992. The molecular weight excluding hydrogens is 585 g/mol. The number of carbonyl (C=O) groups excluding carboxylic acids is 2. The van der Waals surface area contributed by atoms with Gasteiger partial charge in [0.15, 0.2) is 0 Å². The van der Waals surface area contributed by atoms with Crippen molar-refractivity contribution in [2.75, 3.05) is 33.2 Å². The Hall–Kier alpha value is -1.64. The standard InChI is InChI=1S/C29H49F3N6O4S/c1-33-28(40)35-22-7-9-23(10-8-22)43(41,42)37-14-11-20(12-15-37)21-13-16-38-24(17-21)25(26(36-38)29(30,31)32)27(39)34-18-19-5-3-2-4-6-19/h19-26,36H,2-18H2,1H3,(H,34,39)(H2,33,35,40). The first-order valence-corrected chi connectivity index (χ1v) is 17.8. The van der Waals surface area contributed by atoms with Crippen LogP contribution in [0, 0.1) is 23.7 Å². The van der Waals surface area contributed by atoms with Crippen LogP contribution in [-0.2, 0) is 14.8 Å². The number of sulfonamides is 1. The van der Waals surface area contributed by atoms with E-state index in [2.05, 4.69) is 21.4 Å². The highest BCUT2D eigenvalue weighted by Gasteiger charge is 2.58. The lowest BCUT2D eigenvalue weighted by Crippen LogP contribution is -2.51. The van der Waals surface area contributed by atoms with Crippen LogP contribution in [0.4, 0.5) is 18.0 Å². The molecular formula is C29H49F3N6O4S. The van der Waals surface area contributed by atoms with E-state index in [1.165, 1.54) is 6.42 Å². The minimum Gasteiger partial charge on any atom is -0.355 e. The molecule has 14 heteroatoms. The number of carbonyl (C=O) groups is 2. The number of piperidine rings is 2. The first kappa shape index (κ1) is 32.7. The van der Waals surface area contributed by atoms with Crippen molar-refractivity contribution >= 4 is 22.0 Å². The highest BCUT2D eigenvalue weighted by molar-refractivity contribution is 7.89. The number of nitrogens with zero attached hydrogens (tertiary/aromatic N) is 2. The number of fused-ring (bicyclic) bond motifs is 1. The minimum atomic E-state index is -4.53. The first-order chi connectivity index (χ1) is 20.5. The molecule has 4 unspecified atom stereocenters. The maximum atomic E-state index is 14.1. The van der Waals surface area contributed by atoms with Crippen LogP contribution in [0.3, 0.4) is 0 Å². The van der Waals surface area contributed by atoms with Crippen LogP contribution in [-0.4, -0.2) is 92.4 Å². The number of alkyl halides is 3. The number of amides is 3. The molecule has 3 aliphatic heterocycles. The van der Waals surface area contributed by atoms with Gasteiger partial charge in [0.25, 0.3) is 0 Å². The zero-order valence-corrected chi connectivity index (χ0v) is 26.0. The lowest BCUT2D eigenvalue weighted by molar-refractivity contribution is -0.169. The van der Waals surface area contributed by atoms with Gasteiger partial charge in [-0.2, -0.15) is 13.2 Å². The van der Waals surface area contributed by atoms with Crippen LogP contribution in [0.25, 0.3) is 0 Å². The quantitative estimate of drug-likeness (QED) is 0.342. The van der Waals surface area contributed by atoms with Crippen molar-refractivity contribution in [3.8, 4) is 0 Å². The van der Waals surface area contributed by atoms with Crippen molar-refractivity contribution < 1.29 is 31.2 Å². The van der Waals surface area contributed by atoms with Gasteiger partial charge in [0.05, 0.1) is 11.2 Å². The van der Waals surface area contributed by atoms with Crippen LogP contribution in [0.2, 0.25) is 0 Å². The average Bonchev–Trinajstić information content (AvgIpc) is 3.40. The number of hydrogen-bond donors (Lipinski definition) is 4. The number of rotatable bonds is 7. The Morgan fingerprint density at radius 2 is 1.53 bits per heavy atom. The molecule has 2 aliphatic carbocycles. The highest BCUT2D eigenvalue weighted by Crippen LogP contribution is 2.43. The lowest BCUT2D eigenvalue weighted by atomic mass is 9.74. The van der Waals surface area contributed by atoms with Crippen LogP contribution in [0.1, 0.15) is 83.5 Å². The van der Waals surface area contributed by atoms with E-state index in [9.17, 15) is 31.2 Å². The smallest absolute Gasteiger partial charge is 0.355 e. The summed E-state index contributed by atoms with van der Waals surface area (Å²) in [7, 11) is -1.91. The van der Waals surface area contributed by atoms with E-state index in [4.69, 9.17) is 0 Å². The number of hydrogen-bond acceptors (Lipinski definition) is 6. The summed E-state index contributed by atoms with van der Waals surface area (Å²) in [6, 6.07) is -2.70. The number of nitrogens with one attached hydrogen (secondary N) is 4. The zero-order chi connectivity index (χ0) is 30.8. The van der Waals surface area contributed by atoms with E-state index < -0.39 is 45.4 Å². The van der Waals surface area contributed by atoms with Crippen molar-refractivity contribution in [1.82, 2.24) is 30.7 Å². The second-order valence-electron chi connectivity index (χ2n) is 13.4. The normalized spacial score (nSPS) is 34.0. The molecule has 5 fully saturated rings. The fourth-order valence-corrected chi connectivity index (χ4v) is 10.4. The van der Waals surface area contributed by atoms with Crippen molar-refractivity contribution in [3.63, 3.8) is 0 Å². The molecule has 3 amide bonds. The topological polar surface area (TPSA) is 123 Å². The van der Waals surface area contributed by atoms with Gasteiger partial charge < -0.3 is 16.0 Å². The fourth-order valence-electron chi connectivity index (χ4n) is 8.37. The fraction of sp³-hybridized carbons (Fsp3) is 0.931. The molecule has 2 saturated carbocycles. The molecule has 43 heavy (non-hydrogen) atoms. The Kier molecular flexibility index (Phi) is 10.5. The first-order valence-electron chi connectivity index (χ1n) is 16.3. The molecule has 3 heterocycles. The van der Waals surface area contributed by atoms with E-state index >= 15 is 0 Å². The average molecular weight is 635 g/mol. The van der Waals surface area contributed by atoms with Crippen molar-refractivity contribution in [3.05, 3.63) is 0 Å². The van der Waals surface area contributed by atoms with Gasteiger partial charge in [-0.25, -0.2) is 28.0 Å². The molecule has 0 radical (unpaired) electrons. The van der Waals surface area contributed by atoms with Gasteiger partial charge >= 0.3 is 12.2 Å². The Balaban J connectivity index is 1.15. The molecule has 0 aromatic heterocycles. The molecule has 3 saturated heterocycles. The lowest BCUT2D eigenvalue weighted by Gasteiger charge is -2.42. The summed E-state index contributed by atoms with van der Waals surface area (Å²) in [5.41, 5.74) is 2.64. The maximum absolute atomic E-state index is 14.1. The van der Waals surface area contributed by atoms with Gasteiger partial charge in [-0.1, -0.05) is 19.3 Å². The van der Waals surface area contributed by atoms with Crippen LogP contribution in [0.15, 0.2) is 0 Å². The maximum Gasteiger partial charge on any atom is 0.406 e. The van der Waals surface area contributed by atoms with Gasteiger partial charge in [-0.15, -0.1) is 0 Å². The largest absolute Gasteiger partial charge is 0.406 e. The summed E-state index contributed by atoms with van der Waals surface area (Å²) in [5, 5.41) is 9.48. The molecule has 10 nitrogen and oxygen atoms in total. The summed E-state index contributed by atoms with van der Waals surface area (Å²) in [6.45, 7) is 1.72. The van der Waals surface area contributed by atoms with E-state index in [1.807, 2.05) is 0 Å². The van der Waals surface area contributed by atoms with Gasteiger partial charge in [0, 0.05) is 45.3 Å². The van der Waals surface area contributed by atoms with Gasteiger partial charge in [-0.05, 0) is 82.0 Å². The molecule has 5 rings (SSSR count). The zero-order valence-electron chi connectivity index (χ0n) is 25.2. The molecule has 0 spiro atoms. The van der Waals surface area contributed by atoms with Crippen molar-refractivity contribution in [2.45, 2.75) is 113 Å². The summed E-state index contributed by atoms with van der Waals surface area (Å²) in [4.78, 5) is 24.9. The third-order valence-corrected chi connectivity index (χ3v) is 13.3. The summed E-state index contributed by atoms with van der Waals surface area (Å²) >= 11 is 0. The molecule has 5 aliphatic rings. The predicted octanol–water partition coefficient (Wildman–Crippen LogP) is 3.11. The SMILES string of the molecule is CNC(=O)NC1CCC(S(=O)(=O)N2CCC(C3CCN4NC(C(F)(F)F)C(C(=O)NCC5CCCCC5)C4C3)CC2)CC1. The third kappa shape index (κ3) is 7.61. The van der Waals surface area contributed by atoms with E-state index in [1.54, 1.807) is 16.4 Å². The monoisotopic (exact) mass is 634 g/mol. The van der Waals surface area contributed by atoms with E-state index in [0.29, 0.717) is 77.0 Å². The third-order valence-electron chi connectivity index (χ3n) is 10.9. The molecule has 0 aromatic carbocycles. The van der Waals surface area contributed by atoms with E-state index in [0.717, 1.165) is 32.1 Å². The summed E-state index contributed by atoms with van der Waals surface area (Å²) in [6.07, 6.45) is 5.71. The van der Waals surface area contributed by atoms with E-state index in [-0.39, 0.29) is 23.9 Å². The Labute approximate surface area is 253 Å². The van der Waals surface area contributed by atoms with Gasteiger partial charge in [0.2, 0.25) is 15.9 Å². The van der Waals surface area contributed by atoms with Crippen molar-refractivity contribution in [2.24, 2.45) is 23.7 Å². The highest BCUT2D eigenvalue weighted by atomic mass is 32.2. The number of urea groups is 1.